The van der Waals surface area contributed by atoms with Crippen molar-refractivity contribution in [3.8, 4) is 0 Å². The topological polar surface area (TPSA) is 86.8 Å². The van der Waals surface area contributed by atoms with Crippen LogP contribution in [-0.4, -0.2) is 34.8 Å². The van der Waals surface area contributed by atoms with Crippen molar-refractivity contribution in [2.24, 2.45) is 5.92 Å². The first-order chi connectivity index (χ1) is 9.65. The van der Waals surface area contributed by atoms with Crippen LogP contribution in [0.2, 0.25) is 0 Å². The molecule has 1 saturated heterocycles. The largest absolute Gasteiger partial charge is 0.396 e. The summed E-state index contributed by atoms with van der Waals surface area (Å²) in [6, 6.07) is 4.87. The van der Waals surface area contributed by atoms with E-state index < -0.39 is 4.92 Å². The Morgan fingerprint density at radius 3 is 2.85 bits per heavy atom. The number of benzene rings is 1. The molecule has 6 nitrogen and oxygen atoms in total. The number of anilines is 1. The molecule has 1 aliphatic rings. The summed E-state index contributed by atoms with van der Waals surface area (Å²) in [5, 5.41) is 29.3. The normalized spacial score (nSPS) is 19.1. The van der Waals surface area contributed by atoms with E-state index in [1.54, 1.807) is 12.1 Å². The quantitative estimate of drug-likeness (QED) is 0.633. The molecular formula is C14H20N2O4. The van der Waals surface area contributed by atoms with Crippen LogP contribution in [-0.2, 0) is 6.61 Å². The second kappa shape index (κ2) is 6.67. The zero-order chi connectivity index (χ0) is 14.5. The molecule has 1 aliphatic heterocycles. The van der Waals surface area contributed by atoms with Crippen LogP contribution in [0, 0.1) is 16.0 Å². The Morgan fingerprint density at radius 1 is 1.40 bits per heavy atom. The molecule has 1 aromatic carbocycles. The molecule has 20 heavy (non-hydrogen) atoms. The van der Waals surface area contributed by atoms with Gasteiger partial charge in [-0.3, -0.25) is 10.1 Å². The molecule has 0 spiro atoms. The van der Waals surface area contributed by atoms with E-state index in [0.29, 0.717) is 17.2 Å². The van der Waals surface area contributed by atoms with Crippen molar-refractivity contribution in [1.29, 1.82) is 0 Å². The van der Waals surface area contributed by atoms with Gasteiger partial charge < -0.3 is 15.1 Å². The minimum Gasteiger partial charge on any atom is -0.396 e. The molecule has 2 rings (SSSR count). The Hall–Kier alpha value is -1.66. The summed E-state index contributed by atoms with van der Waals surface area (Å²) in [5.41, 5.74) is 1.19. The van der Waals surface area contributed by atoms with E-state index in [4.69, 9.17) is 10.2 Å². The van der Waals surface area contributed by atoms with E-state index in [2.05, 4.69) is 0 Å². The number of piperidine rings is 1. The number of nitrogens with zero attached hydrogens (tertiary/aromatic N) is 2. The van der Waals surface area contributed by atoms with Crippen molar-refractivity contribution < 1.29 is 15.1 Å². The van der Waals surface area contributed by atoms with Gasteiger partial charge in [-0.15, -0.1) is 0 Å². The van der Waals surface area contributed by atoms with Gasteiger partial charge in [0.15, 0.2) is 0 Å². The molecule has 0 bridgehead atoms. The lowest BCUT2D eigenvalue weighted by molar-refractivity contribution is -0.384. The van der Waals surface area contributed by atoms with Crippen LogP contribution < -0.4 is 4.90 Å². The number of hydrogen-bond acceptors (Lipinski definition) is 5. The van der Waals surface area contributed by atoms with Crippen LogP contribution in [0.25, 0.3) is 0 Å². The summed E-state index contributed by atoms with van der Waals surface area (Å²) in [6.07, 6.45) is 2.77. The third-order valence-electron chi connectivity index (χ3n) is 3.82. The van der Waals surface area contributed by atoms with Crippen molar-refractivity contribution in [3.05, 3.63) is 33.9 Å². The summed E-state index contributed by atoms with van der Waals surface area (Å²) >= 11 is 0. The predicted molar refractivity (Wildman–Crippen MR) is 75.7 cm³/mol. The molecule has 0 amide bonds. The molecule has 1 atom stereocenters. The Labute approximate surface area is 117 Å². The maximum absolute atomic E-state index is 11.2. The van der Waals surface area contributed by atoms with Crippen molar-refractivity contribution >= 4 is 11.4 Å². The second-order valence-corrected chi connectivity index (χ2v) is 5.20. The summed E-state index contributed by atoms with van der Waals surface area (Å²) in [5.74, 6) is 0.380. The van der Waals surface area contributed by atoms with Crippen LogP contribution in [0.15, 0.2) is 18.2 Å². The number of hydrogen-bond donors (Lipinski definition) is 2. The first-order valence-electron chi connectivity index (χ1n) is 6.89. The van der Waals surface area contributed by atoms with Crippen molar-refractivity contribution in [2.45, 2.75) is 25.9 Å². The minimum absolute atomic E-state index is 0.0428. The maximum atomic E-state index is 11.2. The van der Waals surface area contributed by atoms with E-state index in [1.807, 2.05) is 4.90 Å². The standard InChI is InChI=1S/C14H20N2O4/c17-7-5-11-2-1-6-15(9-11)13-4-3-12(10-18)8-14(13)16(19)20/h3-4,8,11,17-18H,1-2,5-7,9-10H2. The monoisotopic (exact) mass is 280 g/mol. The van der Waals surface area contributed by atoms with Gasteiger partial charge in [-0.1, -0.05) is 6.07 Å². The fourth-order valence-electron chi connectivity index (χ4n) is 2.78. The van der Waals surface area contributed by atoms with E-state index in [1.165, 1.54) is 6.07 Å². The van der Waals surface area contributed by atoms with E-state index in [9.17, 15) is 10.1 Å². The van der Waals surface area contributed by atoms with E-state index in [-0.39, 0.29) is 18.9 Å². The third-order valence-corrected chi connectivity index (χ3v) is 3.82. The fourth-order valence-corrected chi connectivity index (χ4v) is 2.78. The van der Waals surface area contributed by atoms with Gasteiger partial charge in [-0.05, 0) is 36.8 Å². The van der Waals surface area contributed by atoms with E-state index >= 15 is 0 Å². The average molecular weight is 280 g/mol. The van der Waals surface area contributed by atoms with E-state index in [0.717, 1.165) is 32.4 Å². The highest BCUT2D eigenvalue weighted by atomic mass is 16.6. The Bertz CT molecular complexity index is 476. The molecule has 0 radical (unpaired) electrons. The highest BCUT2D eigenvalue weighted by Crippen LogP contribution is 2.33. The van der Waals surface area contributed by atoms with Gasteiger partial charge >= 0.3 is 0 Å². The molecule has 0 aliphatic carbocycles. The summed E-state index contributed by atoms with van der Waals surface area (Å²) in [4.78, 5) is 12.8. The van der Waals surface area contributed by atoms with Crippen LogP contribution in [0.4, 0.5) is 11.4 Å². The number of aliphatic hydroxyl groups excluding tert-OH is 2. The SMILES string of the molecule is O=[N+]([O-])c1cc(CO)ccc1N1CCCC(CCO)C1. The first-order valence-corrected chi connectivity index (χ1v) is 6.89. The Morgan fingerprint density at radius 2 is 2.20 bits per heavy atom. The second-order valence-electron chi connectivity index (χ2n) is 5.20. The molecule has 6 heteroatoms. The molecule has 1 fully saturated rings. The molecule has 1 aromatic rings. The summed E-state index contributed by atoms with van der Waals surface area (Å²) < 4.78 is 0. The zero-order valence-corrected chi connectivity index (χ0v) is 11.4. The highest BCUT2D eigenvalue weighted by Gasteiger charge is 2.25. The smallest absolute Gasteiger partial charge is 0.292 e. The first kappa shape index (κ1) is 14.7. The third kappa shape index (κ3) is 3.26. The van der Waals surface area contributed by atoms with Crippen LogP contribution in [0.5, 0.6) is 0 Å². The van der Waals surface area contributed by atoms with Gasteiger partial charge in [0.25, 0.3) is 5.69 Å². The Kier molecular flexibility index (Phi) is 4.92. The minimum atomic E-state index is -0.399. The van der Waals surface area contributed by atoms with Gasteiger partial charge in [-0.25, -0.2) is 0 Å². The molecule has 1 unspecified atom stereocenters. The molecular weight excluding hydrogens is 260 g/mol. The summed E-state index contributed by atoms with van der Waals surface area (Å²) in [6.45, 7) is 1.49. The molecule has 110 valence electrons. The van der Waals surface area contributed by atoms with Gasteiger partial charge in [0.1, 0.15) is 5.69 Å². The van der Waals surface area contributed by atoms with Gasteiger partial charge in [0.05, 0.1) is 11.5 Å². The lowest BCUT2D eigenvalue weighted by atomic mass is 9.94. The average Bonchev–Trinajstić information content (AvgIpc) is 2.47. The number of nitro groups is 1. The summed E-state index contributed by atoms with van der Waals surface area (Å²) in [7, 11) is 0. The number of nitro benzene ring substituents is 1. The van der Waals surface area contributed by atoms with Crippen LogP contribution >= 0.6 is 0 Å². The van der Waals surface area contributed by atoms with Crippen LogP contribution in [0.1, 0.15) is 24.8 Å². The van der Waals surface area contributed by atoms with Gasteiger partial charge in [-0.2, -0.15) is 0 Å². The van der Waals surface area contributed by atoms with Crippen molar-refractivity contribution in [1.82, 2.24) is 0 Å². The number of rotatable bonds is 5. The zero-order valence-electron chi connectivity index (χ0n) is 11.4. The molecule has 1 heterocycles. The van der Waals surface area contributed by atoms with Crippen LogP contribution in [0.3, 0.4) is 0 Å². The lowest BCUT2D eigenvalue weighted by Gasteiger charge is -2.34. The highest BCUT2D eigenvalue weighted by molar-refractivity contribution is 5.64. The molecule has 2 N–H and O–H groups in total. The molecule has 0 saturated carbocycles. The Balaban J connectivity index is 2.24. The lowest BCUT2D eigenvalue weighted by Crippen LogP contribution is -2.36. The molecule has 0 aromatic heterocycles. The fraction of sp³-hybridized carbons (Fsp3) is 0.571. The van der Waals surface area contributed by atoms with Crippen molar-refractivity contribution in [3.63, 3.8) is 0 Å². The number of aliphatic hydroxyl groups is 2. The van der Waals surface area contributed by atoms with Crippen molar-refractivity contribution in [2.75, 3.05) is 24.6 Å². The van der Waals surface area contributed by atoms with Gasteiger partial charge in [0, 0.05) is 25.8 Å². The predicted octanol–water partition coefficient (Wildman–Crippen LogP) is 1.69. The van der Waals surface area contributed by atoms with Gasteiger partial charge in [0.2, 0.25) is 0 Å². The maximum Gasteiger partial charge on any atom is 0.292 e.